The van der Waals surface area contributed by atoms with Gasteiger partial charge in [0.15, 0.2) is 5.75 Å². The summed E-state index contributed by atoms with van der Waals surface area (Å²) in [6.07, 6.45) is -3.08. The summed E-state index contributed by atoms with van der Waals surface area (Å²) in [6, 6.07) is 10.4. The molecule has 2 heterocycles. The molecule has 0 fully saturated rings. The molecule has 2 aromatic heterocycles. The van der Waals surface area contributed by atoms with E-state index in [0.717, 1.165) is 23.0 Å². The number of benzene rings is 2. The minimum absolute atomic E-state index is 0.0295. The normalized spacial score (nSPS) is 11.6. The number of aromatic nitrogens is 2. The van der Waals surface area contributed by atoms with Crippen LogP contribution in [0.2, 0.25) is 0 Å². The number of carboxylic acid groups (broad SMARTS) is 1. The number of nitrogens with one attached hydrogen (secondary N) is 1. The van der Waals surface area contributed by atoms with E-state index in [2.05, 4.69) is 35.6 Å². The molecule has 0 radical (unpaired) electrons. The molecule has 4 aromatic rings. The summed E-state index contributed by atoms with van der Waals surface area (Å²) in [7, 11) is 0. The van der Waals surface area contributed by atoms with Crippen molar-refractivity contribution in [2.45, 2.75) is 33.4 Å². The summed E-state index contributed by atoms with van der Waals surface area (Å²) in [5.41, 5.74) is -0.782. The van der Waals surface area contributed by atoms with Crippen molar-refractivity contribution in [3.63, 3.8) is 0 Å². The number of aromatic hydroxyl groups is 1. The number of para-hydroxylation sites is 2. The van der Waals surface area contributed by atoms with E-state index < -0.39 is 34.5 Å². The molecule has 6 nitrogen and oxygen atoms in total. The van der Waals surface area contributed by atoms with Gasteiger partial charge in [-0.05, 0) is 37.3 Å². The lowest BCUT2D eigenvalue weighted by Gasteiger charge is -2.14. The van der Waals surface area contributed by atoms with Crippen LogP contribution in [0.15, 0.2) is 48.7 Å². The van der Waals surface area contributed by atoms with Gasteiger partial charge < -0.3 is 20.1 Å². The van der Waals surface area contributed by atoms with Crippen molar-refractivity contribution in [1.29, 1.82) is 0 Å². The minimum Gasteiger partial charge on any atom is -0.505 e. The first kappa shape index (κ1) is 26.0. The fourth-order valence-corrected chi connectivity index (χ4v) is 4.02. The summed E-state index contributed by atoms with van der Waals surface area (Å²) in [4.78, 5) is 21.1. The van der Waals surface area contributed by atoms with E-state index in [1.807, 2.05) is 18.2 Å². The maximum atomic E-state index is 13.4. The second-order valence-electron chi connectivity index (χ2n) is 7.94. The summed E-state index contributed by atoms with van der Waals surface area (Å²) in [5.74, 6) is -2.16. The molecule has 0 aliphatic carbocycles. The van der Waals surface area contributed by atoms with Gasteiger partial charge in [0, 0.05) is 28.9 Å². The van der Waals surface area contributed by atoms with Crippen molar-refractivity contribution in [1.82, 2.24) is 14.9 Å². The van der Waals surface area contributed by atoms with Gasteiger partial charge in [-0.25, -0.2) is 9.78 Å². The van der Waals surface area contributed by atoms with Crippen LogP contribution in [0.3, 0.4) is 0 Å². The lowest BCUT2D eigenvalue weighted by Crippen LogP contribution is -2.21. The Kier molecular flexibility index (Phi) is 8.01. The van der Waals surface area contributed by atoms with E-state index >= 15 is 0 Å². The maximum Gasteiger partial charge on any atom is 0.418 e. The van der Waals surface area contributed by atoms with Gasteiger partial charge in [-0.15, -0.1) is 0 Å². The first-order chi connectivity index (χ1) is 16.6. The maximum absolute atomic E-state index is 13.4. The number of hydrogen-bond donors (Lipinski definition) is 3. The van der Waals surface area contributed by atoms with Crippen LogP contribution in [0.25, 0.3) is 21.8 Å². The van der Waals surface area contributed by atoms with Crippen LogP contribution in [0.5, 0.6) is 5.75 Å². The monoisotopic (exact) mass is 487 g/mol. The van der Waals surface area contributed by atoms with Crippen molar-refractivity contribution in [3.05, 3.63) is 71.0 Å². The second kappa shape index (κ2) is 10.8. The zero-order chi connectivity index (χ0) is 25.8. The number of aromatic carboxylic acids is 1. The van der Waals surface area contributed by atoms with E-state index in [4.69, 9.17) is 0 Å². The van der Waals surface area contributed by atoms with Crippen molar-refractivity contribution in [3.8, 4) is 5.75 Å². The number of hydrogen-bond acceptors (Lipinski definition) is 4. The molecule has 0 spiro atoms. The quantitative estimate of drug-likeness (QED) is 0.307. The van der Waals surface area contributed by atoms with Gasteiger partial charge in [0.25, 0.3) is 0 Å². The van der Waals surface area contributed by atoms with Gasteiger partial charge in [-0.2, -0.15) is 13.2 Å². The smallest absolute Gasteiger partial charge is 0.418 e. The van der Waals surface area contributed by atoms with Crippen molar-refractivity contribution in [2.24, 2.45) is 0 Å². The van der Waals surface area contributed by atoms with Crippen LogP contribution in [0.1, 0.15) is 48.0 Å². The Hall–Kier alpha value is -3.59. The first-order valence-corrected chi connectivity index (χ1v) is 11.3. The van der Waals surface area contributed by atoms with Crippen LogP contribution < -0.4 is 0 Å². The van der Waals surface area contributed by atoms with E-state index in [-0.39, 0.29) is 17.5 Å². The number of carbonyl (C=O) groups is 1. The second-order valence-corrected chi connectivity index (χ2v) is 7.94. The summed E-state index contributed by atoms with van der Waals surface area (Å²) in [6.45, 7) is 10.1. The average molecular weight is 488 g/mol. The molecule has 0 aliphatic rings. The Bertz CT molecular complexity index is 1320. The molecular formula is C26H28F3N3O3. The minimum atomic E-state index is -4.71. The molecular weight excluding hydrogens is 459 g/mol. The number of rotatable bonds is 6. The van der Waals surface area contributed by atoms with Gasteiger partial charge in [-0.1, -0.05) is 51.1 Å². The number of fused-ring (bicyclic) bond motifs is 2. The molecule has 0 amide bonds. The molecule has 186 valence electrons. The van der Waals surface area contributed by atoms with Gasteiger partial charge in [0.05, 0.1) is 16.8 Å². The molecule has 35 heavy (non-hydrogen) atoms. The topological polar surface area (TPSA) is 89.5 Å². The lowest BCUT2D eigenvalue weighted by atomic mass is 9.99. The third-order valence-corrected chi connectivity index (χ3v) is 5.96. The van der Waals surface area contributed by atoms with E-state index in [9.17, 15) is 28.2 Å². The Balaban J connectivity index is 0.000000429. The SMILES string of the molecule is CCN(CC)CC.O=C(O)c1c(O)c(Cc2c[nH]c3ccccc23)nc2c(C(F)(F)F)cccc12. The number of carboxylic acids is 1. The largest absolute Gasteiger partial charge is 0.505 e. The zero-order valence-electron chi connectivity index (χ0n) is 19.8. The fraction of sp³-hybridized carbons (Fsp3) is 0.308. The van der Waals surface area contributed by atoms with Crippen LogP contribution in [0, 0.1) is 0 Å². The Morgan fingerprint density at radius 1 is 1.00 bits per heavy atom. The van der Waals surface area contributed by atoms with Gasteiger partial charge >= 0.3 is 12.1 Å². The van der Waals surface area contributed by atoms with Gasteiger partial charge in [-0.3, -0.25) is 0 Å². The molecule has 0 atom stereocenters. The summed E-state index contributed by atoms with van der Waals surface area (Å²) < 4.78 is 40.2. The number of halogens is 3. The number of alkyl halides is 3. The first-order valence-electron chi connectivity index (χ1n) is 11.3. The highest BCUT2D eigenvalue weighted by molar-refractivity contribution is 6.06. The molecule has 0 aliphatic heterocycles. The predicted molar refractivity (Wildman–Crippen MR) is 130 cm³/mol. The third kappa shape index (κ3) is 5.57. The highest BCUT2D eigenvalue weighted by Gasteiger charge is 2.35. The fourth-order valence-electron chi connectivity index (χ4n) is 4.02. The zero-order valence-corrected chi connectivity index (χ0v) is 19.8. The molecule has 9 heteroatoms. The van der Waals surface area contributed by atoms with Crippen molar-refractivity contribution >= 4 is 27.8 Å². The number of H-pyrrole nitrogens is 1. The Labute approximate surface area is 201 Å². The third-order valence-electron chi connectivity index (χ3n) is 5.96. The summed E-state index contributed by atoms with van der Waals surface area (Å²) >= 11 is 0. The number of nitrogens with zero attached hydrogens (tertiary/aromatic N) is 2. The molecule has 3 N–H and O–H groups in total. The molecule has 0 saturated carbocycles. The van der Waals surface area contributed by atoms with Crippen molar-refractivity contribution in [2.75, 3.05) is 19.6 Å². The standard InChI is InChI=1S/C20H13F3N2O3.C6H15N/c21-20(22,23)13-6-3-5-12-16(19(27)28)18(26)15(25-17(12)13)8-10-9-24-14-7-2-1-4-11(10)14;1-4-7(5-2)6-3/h1-7,9,24,26H,8H2,(H,27,28);4-6H2,1-3H3. The summed E-state index contributed by atoms with van der Waals surface area (Å²) in [5, 5.41) is 20.5. The molecule has 0 unspecified atom stereocenters. The lowest BCUT2D eigenvalue weighted by molar-refractivity contribution is -0.136. The van der Waals surface area contributed by atoms with E-state index in [0.29, 0.717) is 5.56 Å². The highest BCUT2D eigenvalue weighted by atomic mass is 19.4. The average Bonchev–Trinajstić information content (AvgIpc) is 3.23. The van der Waals surface area contributed by atoms with Crippen LogP contribution in [0.4, 0.5) is 13.2 Å². The Morgan fingerprint density at radius 3 is 2.20 bits per heavy atom. The van der Waals surface area contributed by atoms with Gasteiger partial charge in [0.1, 0.15) is 5.56 Å². The van der Waals surface area contributed by atoms with Gasteiger partial charge in [0.2, 0.25) is 0 Å². The highest BCUT2D eigenvalue weighted by Crippen LogP contribution is 2.38. The molecule has 2 aromatic carbocycles. The molecule has 0 bridgehead atoms. The number of pyridine rings is 1. The molecule has 4 rings (SSSR count). The predicted octanol–water partition coefficient (Wildman–Crippen LogP) is 6.08. The molecule has 0 saturated heterocycles. The van der Waals surface area contributed by atoms with Crippen LogP contribution in [-0.4, -0.2) is 50.7 Å². The van der Waals surface area contributed by atoms with Crippen molar-refractivity contribution < 1.29 is 28.2 Å². The number of aromatic amines is 1. The van der Waals surface area contributed by atoms with Crippen LogP contribution >= 0.6 is 0 Å². The van der Waals surface area contributed by atoms with Crippen LogP contribution in [-0.2, 0) is 12.6 Å². The van der Waals surface area contributed by atoms with E-state index in [1.165, 1.54) is 25.7 Å². The van der Waals surface area contributed by atoms with E-state index in [1.54, 1.807) is 12.3 Å². The Morgan fingerprint density at radius 2 is 1.63 bits per heavy atom.